The predicted octanol–water partition coefficient (Wildman–Crippen LogP) is 4.20. The number of carbonyl (C=O) groups excluding carboxylic acids is 2. The van der Waals surface area contributed by atoms with Crippen LogP contribution in [0.5, 0.6) is 5.75 Å². The minimum atomic E-state index is -5.01. The molecule has 0 bridgehead atoms. The first-order valence-corrected chi connectivity index (χ1v) is 19.3. The molecule has 13 nitrogen and oxygen atoms in total. The fraction of sp³-hybridized carbons (Fsp3) is 0.613. The van der Waals surface area contributed by atoms with Crippen LogP contribution in [0, 0.1) is 11.3 Å². The lowest BCUT2D eigenvalue weighted by atomic mass is 10.2. The monoisotopic (exact) mass is 695 g/mol. The number of piperazine rings is 1. The molecular formula is C31H44F3N7O6Si. The fourth-order valence-electron chi connectivity index (χ4n) is 4.55. The zero-order chi connectivity index (χ0) is 35.7. The highest BCUT2D eigenvalue weighted by molar-refractivity contribution is 6.76. The average molecular weight is 696 g/mol. The summed E-state index contributed by atoms with van der Waals surface area (Å²) in [6.07, 6.45) is -3.43. The lowest BCUT2D eigenvalue weighted by Crippen LogP contribution is -2.52. The number of nitrogens with zero attached hydrogens (tertiary/aromatic N) is 7. The van der Waals surface area contributed by atoms with Crippen LogP contribution in [0.3, 0.4) is 0 Å². The van der Waals surface area contributed by atoms with E-state index in [1.807, 2.05) is 11.0 Å². The third-order valence-corrected chi connectivity index (χ3v) is 8.85. The summed E-state index contributed by atoms with van der Waals surface area (Å²) in [6, 6.07) is 6.21. The number of carbonyl (C=O) groups is 2. The molecule has 48 heavy (non-hydrogen) atoms. The Morgan fingerprint density at radius 1 is 1.06 bits per heavy atom. The molecule has 0 aromatic carbocycles. The topological polar surface area (TPSA) is 143 Å². The van der Waals surface area contributed by atoms with Crippen LogP contribution in [0.2, 0.25) is 25.7 Å². The van der Waals surface area contributed by atoms with Crippen molar-refractivity contribution in [1.82, 2.24) is 24.6 Å². The molecule has 1 aliphatic heterocycles. The van der Waals surface area contributed by atoms with Crippen molar-refractivity contribution in [2.75, 3.05) is 57.4 Å². The molecule has 0 unspecified atom stereocenters. The summed E-state index contributed by atoms with van der Waals surface area (Å²) >= 11 is 0. The summed E-state index contributed by atoms with van der Waals surface area (Å²) in [6.45, 7) is 12.3. The van der Waals surface area contributed by atoms with Gasteiger partial charge in [0.2, 0.25) is 5.91 Å². The zero-order valence-corrected chi connectivity index (χ0v) is 29.3. The molecular weight excluding hydrogens is 651 g/mol. The highest BCUT2D eigenvalue weighted by Gasteiger charge is 2.39. The molecule has 0 atom stereocenters. The number of hydrogen-bond acceptors (Lipinski definition) is 10. The summed E-state index contributed by atoms with van der Waals surface area (Å²) in [5.74, 6) is -0.377. The van der Waals surface area contributed by atoms with Crippen LogP contribution < -0.4 is 15.2 Å². The molecule has 2 amide bonds. The number of aromatic nitrogens is 3. The molecule has 17 heteroatoms. The number of halogens is 3. The number of anilines is 1. The van der Waals surface area contributed by atoms with E-state index in [9.17, 15) is 27.6 Å². The molecule has 264 valence electrons. The van der Waals surface area contributed by atoms with Crippen molar-refractivity contribution < 1.29 is 37.0 Å². The second-order valence-electron chi connectivity index (χ2n) is 13.5. The van der Waals surface area contributed by atoms with Gasteiger partial charge in [0.15, 0.2) is 11.3 Å². The standard InChI is InChI=1S/C31H44F3N7O6Si/c1-30(2,3)47-29(44)40(21-26(42)39-13-11-38(12-14-39)25-9-8-23(18-35)19-36-25)10-7-15-46-24-20-37-41(22-45-16-17-48(4,5)6)28(43)27(24)31(32,33)34/h8-9,19-20H,7,10-17,21-22H2,1-6H3. The second-order valence-corrected chi connectivity index (χ2v) is 19.1. The van der Waals surface area contributed by atoms with Crippen molar-refractivity contribution in [3.63, 3.8) is 0 Å². The third-order valence-electron chi connectivity index (χ3n) is 7.14. The minimum absolute atomic E-state index is 0.0326. The van der Waals surface area contributed by atoms with Crippen molar-refractivity contribution in [2.45, 2.75) is 71.4 Å². The Kier molecular flexibility index (Phi) is 13.0. The van der Waals surface area contributed by atoms with Gasteiger partial charge in [-0.25, -0.2) is 14.5 Å². The van der Waals surface area contributed by atoms with Gasteiger partial charge in [-0.2, -0.15) is 23.5 Å². The first-order chi connectivity index (χ1) is 22.4. The van der Waals surface area contributed by atoms with Crippen LogP contribution in [0.25, 0.3) is 0 Å². The van der Waals surface area contributed by atoms with Crippen molar-refractivity contribution in [2.24, 2.45) is 0 Å². The quantitative estimate of drug-likeness (QED) is 0.221. The summed E-state index contributed by atoms with van der Waals surface area (Å²) in [4.78, 5) is 48.0. The zero-order valence-electron chi connectivity index (χ0n) is 28.3. The highest BCUT2D eigenvalue weighted by Crippen LogP contribution is 2.33. The normalized spacial score (nSPS) is 14.0. The highest BCUT2D eigenvalue weighted by atomic mass is 28.3. The lowest BCUT2D eigenvalue weighted by molar-refractivity contribution is -0.141. The number of ether oxygens (including phenoxy) is 3. The smallest absolute Gasteiger partial charge is 0.425 e. The Morgan fingerprint density at radius 2 is 1.75 bits per heavy atom. The Bertz CT molecular complexity index is 1490. The Balaban J connectivity index is 1.61. The van der Waals surface area contributed by atoms with Crippen molar-refractivity contribution in [1.29, 1.82) is 5.26 Å². The minimum Gasteiger partial charge on any atom is -0.491 e. The maximum absolute atomic E-state index is 13.9. The first kappa shape index (κ1) is 38.3. The molecule has 0 aliphatic carbocycles. The van der Waals surface area contributed by atoms with E-state index in [2.05, 4.69) is 29.7 Å². The summed E-state index contributed by atoms with van der Waals surface area (Å²) in [5.41, 5.74) is -3.30. The molecule has 0 N–H and O–H groups in total. The van der Waals surface area contributed by atoms with Gasteiger partial charge in [0.1, 0.15) is 30.8 Å². The van der Waals surface area contributed by atoms with E-state index in [4.69, 9.17) is 19.5 Å². The Hall–Kier alpha value is -4.17. The molecule has 1 aliphatic rings. The van der Waals surface area contributed by atoms with E-state index in [-0.39, 0.29) is 32.0 Å². The number of rotatable bonds is 13. The van der Waals surface area contributed by atoms with Gasteiger partial charge in [-0.05, 0) is 45.4 Å². The van der Waals surface area contributed by atoms with Crippen LogP contribution in [0.4, 0.5) is 23.8 Å². The van der Waals surface area contributed by atoms with E-state index in [1.165, 1.54) is 11.1 Å². The number of hydrogen-bond donors (Lipinski definition) is 0. The van der Waals surface area contributed by atoms with Gasteiger partial charge >= 0.3 is 12.3 Å². The van der Waals surface area contributed by atoms with Gasteiger partial charge in [-0.1, -0.05) is 19.6 Å². The SMILES string of the molecule is CC(C)(C)OC(=O)N(CCCOc1cnn(COCC[Si](C)(C)C)c(=O)c1C(F)(F)F)CC(=O)N1CCN(c2ccc(C#N)cn2)CC1. The van der Waals surface area contributed by atoms with Crippen LogP contribution in [0.1, 0.15) is 38.3 Å². The maximum Gasteiger partial charge on any atom is 0.425 e. The van der Waals surface area contributed by atoms with Crippen molar-refractivity contribution in [3.05, 3.63) is 46.0 Å². The molecule has 2 aromatic rings. The third kappa shape index (κ3) is 11.8. The lowest BCUT2D eigenvalue weighted by Gasteiger charge is -2.36. The molecule has 2 aromatic heterocycles. The largest absolute Gasteiger partial charge is 0.491 e. The molecule has 0 spiro atoms. The number of alkyl halides is 3. The number of nitriles is 1. The van der Waals surface area contributed by atoms with Crippen molar-refractivity contribution >= 4 is 25.9 Å². The van der Waals surface area contributed by atoms with Crippen LogP contribution >= 0.6 is 0 Å². The maximum atomic E-state index is 13.9. The summed E-state index contributed by atoms with van der Waals surface area (Å²) in [7, 11) is -1.44. The van der Waals surface area contributed by atoms with E-state index < -0.39 is 49.5 Å². The molecule has 0 radical (unpaired) electrons. The van der Waals surface area contributed by atoms with E-state index in [0.717, 1.165) is 12.2 Å². The van der Waals surface area contributed by atoms with Gasteiger partial charge in [-0.15, -0.1) is 0 Å². The number of pyridine rings is 1. The van der Waals surface area contributed by atoms with Gasteiger partial charge in [0, 0.05) is 53.6 Å². The summed E-state index contributed by atoms with van der Waals surface area (Å²) in [5, 5.41) is 12.8. The van der Waals surface area contributed by atoms with Crippen LogP contribution in [-0.2, 0) is 27.2 Å². The van der Waals surface area contributed by atoms with E-state index in [1.54, 1.807) is 37.8 Å². The Labute approximate surface area is 279 Å². The Morgan fingerprint density at radius 3 is 2.31 bits per heavy atom. The molecule has 0 saturated carbocycles. The van der Waals surface area contributed by atoms with Gasteiger partial charge < -0.3 is 24.0 Å². The average Bonchev–Trinajstić information content (AvgIpc) is 2.99. The number of amides is 2. The van der Waals surface area contributed by atoms with Crippen LogP contribution in [0.15, 0.2) is 29.3 Å². The van der Waals surface area contributed by atoms with E-state index in [0.29, 0.717) is 48.8 Å². The molecule has 3 heterocycles. The molecule has 3 rings (SSSR count). The van der Waals surface area contributed by atoms with Gasteiger partial charge in [0.05, 0.1) is 18.4 Å². The van der Waals surface area contributed by atoms with E-state index >= 15 is 0 Å². The fourth-order valence-corrected chi connectivity index (χ4v) is 5.31. The van der Waals surface area contributed by atoms with Crippen LogP contribution in [-0.4, -0.2) is 103 Å². The first-order valence-electron chi connectivity index (χ1n) is 15.6. The summed E-state index contributed by atoms with van der Waals surface area (Å²) < 4.78 is 58.6. The molecule has 1 fully saturated rings. The second kappa shape index (κ2) is 16.3. The van der Waals surface area contributed by atoms with Crippen molar-refractivity contribution in [3.8, 4) is 11.8 Å². The van der Waals surface area contributed by atoms with Gasteiger partial charge in [0.25, 0.3) is 5.56 Å². The molecule has 1 saturated heterocycles. The predicted molar refractivity (Wildman–Crippen MR) is 173 cm³/mol. The van der Waals surface area contributed by atoms with Gasteiger partial charge in [-0.3, -0.25) is 14.5 Å².